The van der Waals surface area contributed by atoms with E-state index in [1.165, 1.54) is 21.2 Å². The molecule has 0 aromatic heterocycles. The van der Waals surface area contributed by atoms with E-state index in [0.717, 1.165) is 13.0 Å². The van der Waals surface area contributed by atoms with Crippen LogP contribution in [0.1, 0.15) is 34.9 Å². The Hall–Kier alpha value is 0.140. The maximum absolute atomic E-state index is 5.66. The molecule has 0 amide bonds. The highest BCUT2D eigenvalue weighted by Gasteiger charge is 2.29. The zero-order chi connectivity index (χ0) is 12.6. The summed E-state index contributed by atoms with van der Waals surface area (Å²) in [6, 6.07) is 4.49. The van der Waals surface area contributed by atoms with Crippen LogP contribution in [-0.4, -0.2) is 12.7 Å². The highest BCUT2D eigenvalue weighted by Crippen LogP contribution is 2.40. The highest BCUT2D eigenvalue weighted by molar-refractivity contribution is 9.10. The molecule has 0 spiro atoms. The molecule has 1 aromatic rings. The van der Waals surface area contributed by atoms with Crippen molar-refractivity contribution in [2.45, 2.75) is 38.1 Å². The number of hydrogen-bond donors (Lipinski definition) is 0. The molecule has 94 valence electrons. The highest BCUT2D eigenvalue weighted by atomic mass is 79.9. The van der Waals surface area contributed by atoms with Crippen molar-refractivity contribution in [3.8, 4) is 0 Å². The predicted octanol–water partition coefficient (Wildman–Crippen LogP) is 4.93. The quantitative estimate of drug-likeness (QED) is 0.679. The van der Waals surface area contributed by atoms with Gasteiger partial charge in [0.1, 0.15) is 0 Å². The Kier molecular flexibility index (Phi) is 4.32. The molecule has 1 nitrogen and oxygen atoms in total. The fraction of sp³-hybridized carbons (Fsp3) is 0.571. The van der Waals surface area contributed by atoms with Crippen LogP contribution in [0.4, 0.5) is 0 Å². The molecule has 0 saturated carbocycles. The normalized spacial score (nSPS) is 26.2. The molecular weight excluding hydrogens is 344 g/mol. The third-order valence-electron chi connectivity index (χ3n) is 3.49. The lowest BCUT2D eigenvalue weighted by Crippen LogP contribution is -2.09. The Labute approximate surface area is 120 Å². The summed E-state index contributed by atoms with van der Waals surface area (Å²) in [5.41, 5.74) is 4.03. The van der Waals surface area contributed by atoms with Crippen molar-refractivity contribution in [2.24, 2.45) is 5.92 Å². The van der Waals surface area contributed by atoms with Gasteiger partial charge in [-0.25, -0.2) is 0 Å². The van der Waals surface area contributed by atoms with Crippen molar-refractivity contribution in [2.75, 3.05) is 6.61 Å². The van der Waals surface area contributed by atoms with E-state index >= 15 is 0 Å². The molecule has 1 saturated heterocycles. The van der Waals surface area contributed by atoms with Crippen molar-refractivity contribution >= 4 is 31.9 Å². The van der Waals surface area contributed by atoms with E-state index in [0.29, 0.717) is 16.8 Å². The van der Waals surface area contributed by atoms with Crippen LogP contribution in [0.15, 0.2) is 16.6 Å². The average molecular weight is 362 g/mol. The number of aryl methyl sites for hydroxylation is 2. The number of ether oxygens (including phenoxy) is 1. The Balaban J connectivity index is 2.24. The molecule has 1 heterocycles. The third-order valence-corrected chi connectivity index (χ3v) is 5.58. The van der Waals surface area contributed by atoms with Gasteiger partial charge >= 0.3 is 0 Å². The summed E-state index contributed by atoms with van der Waals surface area (Å²) in [6.45, 7) is 7.33. The van der Waals surface area contributed by atoms with Gasteiger partial charge in [-0.05, 0) is 49.9 Å². The van der Waals surface area contributed by atoms with Gasteiger partial charge in [0, 0.05) is 15.2 Å². The maximum Gasteiger partial charge on any atom is 0.0551 e. The van der Waals surface area contributed by atoms with E-state index in [2.05, 4.69) is 64.8 Å². The van der Waals surface area contributed by atoms with E-state index in [9.17, 15) is 0 Å². The molecule has 17 heavy (non-hydrogen) atoms. The monoisotopic (exact) mass is 360 g/mol. The summed E-state index contributed by atoms with van der Waals surface area (Å²) in [7, 11) is 0. The molecule has 1 fully saturated rings. The van der Waals surface area contributed by atoms with Crippen LogP contribution in [0.5, 0.6) is 0 Å². The van der Waals surface area contributed by atoms with E-state index in [1.54, 1.807) is 0 Å². The molecule has 0 aliphatic carbocycles. The molecular formula is C14H18Br2O. The lowest BCUT2D eigenvalue weighted by molar-refractivity contribution is 0.120. The van der Waals surface area contributed by atoms with E-state index < -0.39 is 0 Å². The van der Waals surface area contributed by atoms with E-state index in [4.69, 9.17) is 4.74 Å². The summed E-state index contributed by atoms with van der Waals surface area (Å²) in [4.78, 5) is 0.402. The summed E-state index contributed by atoms with van der Waals surface area (Å²) in [5, 5.41) is 0. The molecule has 3 atom stereocenters. The predicted molar refractivity (Wildman–Crippen MR) is 78.8 cm³/mol. The third kappa shape index (κ3) is 2.94. The number of benzene rings is 1. The Bertz CT molecular complexity index is 417. The fourth-order valence-electron chi connectivity index (χ4n) is 2.41. The molecule has 1 aliphatic rings. The van der Waals surface area contributed by atoms with Crippen molar-refractivity contribution in [3.63, 3.8) is 0 Å². The van der Waals surface area contributed by atoms with Gasteiger partial charge < -0.3 is 4.74 Å². The smallest absolute Gasteiger partial charge is 0.0551 e. The summed E-state index contributed by atoms with van der Waals surface area (Å²) >= 11 is 7.44. The van der Waals surface area contributed by atoms with Gasteiger partial charge in [-0.1, -0.05) is 37.9 Å². The van der Waals surface area contributed by atoms with Crippen LogP contribution in [0.3, 0.4) is 0 Å². The number of halogens is 2. The summed E-state index contributed by atoms with van der Waals surface area (Å²) < 4.78 is 6.85. The molecule has 0 bridgehead atoms. The van der Waals surface area contributed by atoms with Crippen molar-refractivity contribution in [1.82, 2.24) is 0 Å². The van der Waals surface area contributed by atoms with Crippen LogP contribution in [0, 0.1) is 19.8 Å². The average Bonchev–Trinajstić information content (AvgIpc) is 2.69. The zero-order valence-corrected chi connectivity index (χ0v) is 13.6. The van der Waals surface area contributed by atoms with Gasteiger partial charge in [-0.3, -0.25) is 0 Å². The second-order valence-corrected chi connectivity index (χ2v) is 6.84. The Morgan fingerprint density at radius 3 is 2.59 bits per heavy atom. The summed E-state index contributed by atoms with van der Waals surface area (Å²) in [6.07, 6.45) is 1.54. The van der Waals surface area contributed by atoms with Crippen molar-refractivity contribution < 1.29 is 4.74 Å². The first-order chi connectivity index (χ1) is 7.99. The van der Waals surface area contributed by atoms with Crippen LogP contribution in [0.25, 0.3) is 0 Å². The molecule has 1 aromatic carbocycles. The van der Waals surface area contributed by atoms with Gasteiger partial charge in [0.2, 0.25) is 0 Å². The largest absolute Gasteiger partial charge is 0.378 e. The van der Waals surface area contributed by atoms with E-state index in [-0.39, 0.29) is 0 Å². The van der Waals surface area contributed by atoms with Gasteiger partial charge in [0.25, 0.3) is 0 Å². The van der Waals surface area contributed by atoms with Gasteiger partial charge in [0.15, 0.2) is 0 Å². The topological polar surface area (TPSA) is 9.23 Å². The molecule has 0 radical (unpaired) electrons. The molecule has 1 aliphatic heterocycles. The molecule has 0 N–H and O–H groups in total. The van der Waals surface area contributed by atoms with Crippen LogP contribution in [0.2, 0.25) is 0 Å². The number of hydrogen-bond acceptors (Lipinski definition) is 1. The SMILES string of the molecule is Cc1cc(C(Br)C2COC(C)C2)c(C)cc1Br. The van der Waals surface area contributed by atoms with Crippen molar-refractivity contribution in [3.05, 3.63) is 33.3 Å². The minimum absolute atomic E-state index is 0.400. The van der Waals surface area contributed by atoms with Crippen LogP contribution < -0.4 is 0 Å². The minimum atomic E-state index is 0.400. The first-order valence-corrected chi connectivity index (χ1v) is 7.72. The lowest BCUT2D eigenvalue weighted by atomic mass is 9.93. The zero-order valence-electron chi connectivity index (χ0n) is 10.5. The second-order valence-electron chi connectivity index (χ2n) is 5.00. The first-order valence-electron chi connectivity index (χ1n) is 6.01. The van der Waals surface area contributed by atoms with Crippen LogP contribution in [-0.2, 0) is 4.74 Å². The van der Waals surface area contributed by atoms with Gasteiger partial charge in [-0.15, -0.1) is 0 Å². The fourth-order valence-corrected chi connectivity index (χ4v) is 3.73. The molecule has 2 rings (SSSR count). The van der Waals surface area contributed by atoms with E-state index in [1.807, 2.05) is 0 Å². The lowest BCUT2D eigenvalue weighted by Gasteiger charge is -2.19. The van der Waals surface area contributed by atoms with Crippen LogP contribution >= 0.6 is 31.9 Å². The Morgan fingerprint density at radius 1 is 1.29 bits per heavy atom. The van der Waals surface area contributed by atoms with Gasteiger partial charge in [0.05, 0.1) is 12.7 Å². The molecule has 3 heteroatoms. The van der Waals surface area contributed by atoms with Gasteiger partial charge in [-0.2, -0.15) is 0 Å². The molecule has 3 unspecified atom stereocenters. The van der Waals surface area contributed by atoms with Crippen molar-refractivity contribution in [1.29, 1.82) is 0 Å². The standard InChI is InChI=1S/C14H18Br2O/c1-8-5-13(15)9(2)4-12(8)14(16)11-6-10(3)17-7-11/h4-5,10-11,14H,6-7H2,1-3H3. The summed E-state index contributed by atoms with van der Waals surface area (Å²) in [5.74, 6) is 0.587. The first kappa shape index (κ1) is 13.6. The second kappa shape index (κ2) is 5.41. The maximum atomic E-state index is 5.66. The Morgan fingerprint density at radius 2 is 2.00 bits per heavy atom. The minimum Gasteiger partial charge on any atom is -0.378 e. The number of rotatable bonds is 2. The number of alkyl halides is 1.